The summed E-state index contributed by atoms with van der Waals surface area (Å²) in [4.78, 5) is 14.1. The molecule has 1 heterocycles. The smallest absolute Gasteiger partial charge is 0.288 e. The van der Waals surface area contributed by atoms with Crippen molar-refractivity contribution in [2.24, 2.45) is 5.41 Å². The van der Waals surface area contributed by atoms with E-state index in [2.05, 4.69) is 40.1 Å². The van der Waals surface area contributed by atoms with Gasteiger partial charge in [-0.25, -0.2) is 4.98 Å². The van der Waals surface area contributed by atoms with Crippen LogP contribution in [0.4, 0.5) is 11.5 Å². The van der Waals surface area contributed by atoms with Crippen molar-refractivity contribution in [1.29, 1.82) is 0 Å². The molecule has 1 fully saturated rings. The van der Waals surface area contributed by atoms with Gasteiger partial charge in [0, 0.05) is 12.1 Å². The van der Waals surface area contributed by atoms with Gasteiger partial charge in [0.1, 0.15) is 12.0 Å². The van der Waals surface area contributed by atoms with E-state index in [1.807, 2.05) is 0 Å². The van der Waals surface area contributed by atoms with Gasteiger partial charge >= 0.3 is 0 Å². The predicted molar refractivity (Wildman–Crippen MR) is 64.4 cm³/mol. The quantitative estimate of drug-likeness (QED) is 0.685. The Kier molecular flexibility index (Phi) is 2.61. The second kappa shape index (κ2) is 3.69. The molecule has 1 atom stereocenters. The van der Waals surface area contributed by atoms with Crippen LogP contribution in [0.15, 0.2) is 16.7 Å². The average molecular weight is 286 g/mol. The molecule has 2 rings (SSSR count). The van der Waals surface area contributed by atoms with Gasteiger partial charge in [-0.2, -0.15) is 0 Å². The zero-order chi connectivity index (χ0) is 11.9. The van der Waals surface area contributed by atoms with Crippen LogP contribution < -0.4 is 5.32 Å². The normalized spacial score (nSPS) is 21.6. The van der Waals surface area contributed by atoms with Crippen LogP contribution in [0.2, 0.25) is 0 Å². The van der Waals surface area contributed by atoms with E-state index in [0.29, 0.717) is 21.7 Å². The number of halogens is 1. The molecular formula is C10H12BrN3O2. The zero-order valence-corrected chi connectivity index (χ0v) is 10.6. The van der Waals surface area contributed by atoms with Gasteiger partial charge < -0.3 is 5.32 Å². The van der Waals surface area contributed by atoms with Gasteiger partial charge in [-0.3, -0.25) is 10.1 Å². The SMILES string of the molecule is CC1(C)CC1Nc1ncc([N+](=O)[O-])cc1Br. The maximum absolute atomic E-state index is 10.5. The largest absolute Gasteiger partial charge is 0.366 e. The third-order valence-electron chi connectivity index (χ3n) is 2.86. The number of nitrogens with zero attached hydrogens (tertiary/aromatic N) is 2. The van der Waals surface area contributed by atoms with Crippen LogP contribution in [0.1, 0.15) is 20.3 Å². The van der Waals surface area contributed by atoms with E-state index in [1.54, 1.807) is 0 Å². The Morgan fingerprint density at radius 3 is 2.75 bits per heavy atom. The lowest BCUT2D eigenvalue weighted by atomic mass is 10.2. The fourth-order valence-corrected chi connectivity index (χ4v) is 1.96. The standard InChI is InChI=1S/C10H12BrN3O2/c1-10(2)4-8(10)13-9-7(11)3-6(5-12-9)14(15)16/h3,5,8H,4H2,1-2H3,(H,12,13). The molecular weight excluding hydrogens is 274 g/mol. The van der Waals surface area contributed by atoms with E-state index in [-0.39, 0.29) is 5.69 Å². The van der Waals surface area contributed by atoms with E-state index in [4.69, 9.17) is 0 Å². The minimum Gasteiger partial charge on any atom is -0.366 e. The van der Waals surface area contributed by atoms with Crippen molar-refractivity contribution >= 4 is 27.4 Å². The monoisotopic (exact) mass is 285 g/mol. The van der Waals surface area contributed by atoms with Crippen molar-refractivity contribution in [2.75, 3.05) is 5.32 Å². The second-order valence-corrected chi connectivity index (χ2v) is 5.53. The van der Waals surface area contributed by atoms with Gasteiger partial charge in [-0.1, -0.05) is 13.8 Å². The summed E-state index contributed by atoms with van der Waals surface area (Å²) in [7, 11) is 0. The van der Waals surface area contributed by atoms with Crippen LogP contribution in [0.25, 0.3) is 0 Å². The molecule has 16 heavy (non-hydrogen) atoms. The zero-order valence-electron chi connectivity index (χ0n) is 9.03. The summed E-state index contributed by atoms with van der Waals surface area (Å²) in [6.45, 7) is 4.34. The molecule has 1 N–H and O–H groups in total. The number of hydrogen-bond acceptors (Lipinski definition) is 4. The molecule has 0 radical (unpaired) electrons. The van der Waals surface area contributed by atoms with Gasteiger partial charge in [0.15, 0.2) is 0 Å². The van der Waals surface area contributed by atoms with E-state index >= 15 is 0 Å². The van der Waals surface area contributed by atoms with E-state index in [9.17, 15) is 10.1 Å². The highest BCUT2D eigenvalue weighted by atomic mass is 79.9. The lowest BCUT2D eigenvalue weighted by molar-refractivity contribution is -0.385. The molecule has 0 aliphatic heterocycles. The molecule has 1 aliphatic carbocycles. The fraction of sp³-hybridized carbons (Fsp3) is 0.500. The van der Waals surface area contributed by atoms with Crippen molar-refractivity contribution in [3.8, 4) is 0 Å². The molecule has 0 saturated heterocycles. The van der Waals surface area contributed by atoms with Crippen LogP contribution in [-0.2, 0) is 0 Å². The Bertz CT molecular complexity index is 448. The first-order valence-electron chi connectivity index (χ1n) is 4.96. The summed E-state index contributed by atoms with van der Waals surface area (Å²) in [5.41, 5.74) is 0.288. The van der Waals surface area contributed by atoms with Gasteiger partial charge in [0.05, 0.1) is 9.40 Å². The Morgan fingerprint density at radius 1 is 1.69 bits per heavy atom. The summed E-state index contributed by atoms with van der Waals surface area (Å²) in [5.74, 6) is 0.668. The van der Waals surface area contributed by atoms with E-state index < -0.39 is 4.92 Å². The molecule has 0 aromatic carbocycles. The molecule has 0 bridgehead atoms. The van der Waals surface area contributed by atoms with Crippen LogP contribution in [0.3, 0.4) is 0 Å². The number of pyridine rings is 1. The summed E-state index contributed by atoms with van der Waals surface area (Å²) in [5, 5.41) is 13.8. The number of nitrogens with one attached hydrogen (secondary N) is 1. The molecule has 1 saturated carbocycles. The fourth-order valence-electron chi connectivity index (χ4n) is 1.51. The third-order valence-corrected chi connectivity index (χ3v) is 3.47. The Balaban J connectivity index is 2.14. The number of anilines is 1. The van der Waals surface area contributed by atoms with Gasteiger partial charge in [0.25, 0.3) is 5.69 Å². The van der Waals surface area contributed by atoms with Gasteiger partial charge in [-0.15, -0.1) is 0 Å². The maximum Gasteiger partial charge on any atom is 0.288 e. The molecule has 86 valence electrons. The number of nitro groups is 1. The second-order valence-electron chi connectivity index (χ2n) is 4.67. The minimum absolute atomic E-state index is 0.00696. The van der Waals surface area contributed by atoms with Crippen LogP contribution in [-0.4, -0.2) is 15.9 Å². The summed E-state index contributed by atoms with van der Waals surface area (Å²) >= 11 is 3.28. The lowest BCUT2D eigenvalue weighted by Gasteiger charge is -2.08. The topological polar surface area (TPSA) is 68.1 Å². The Morgan fingerprint density at radius 2 is 2.31 bits per heavy atom. The van der Waals surface area contributed by atoms with E-state index in [0.717, 1.165) is 6.42 Å². The Hall–Kier alpha value is -1.17. The third kappa shape index (κ3) is 2.16. The molecule has 1 aromatic rings. The van der Waals surface area contributed by atoms with E-state index in [1.165, 1.54) is 12.3 Å². The molecule has 0 amide bonds. The summed E-state index contributed by atoms with van der Waals surface area (Å²) < 4.78 is 0.629. The lowest BCUT2D eigenvalue weighted by Crippen LogP contribution is -2.10. The van der Waals surface area contributed by atoms with Crippen LogP contribution in [0.5, 0.6) is 0 Å². The first-order chi connectivity index (χ1) is 7.40. The molecule has 1 aliphatic rings. The number of rotatable bonds is 3. The predicted octanol–water partition coefficient (Wildman–Crippen LogP) is 2.96. The summed E-state index contributed by atoms with van der Waals surface area (Å²) in [6, 6.07) is 1.86. The Labute approximate surface area is 102 Å². The molecule has 1 unspecified atom stereocenters. The highest BCUT2D eigenvalue weighted by molar-refractivity contribution is 9.10. The van der Waals surface area contributed by atoms with Gasteiger partial charge in [0.2, 0.25) is 0 Å². The van der Waals surface area contributed by atoms with Crippen LogP contribution in [0, 0.1) is 15.5 Å². The number of hydrogen-bond donors (Lipinski definition) is 1. The maximum atomic E-state index is 10.5. The molecule has 0 spiro atoms. The first kappa shape index (κ1) is 11.3. The molecule has 1 aromatic heterocycles. The minimum atomic E-state index is -0.456. The van der Waals surface area contributed by atoms with Crippen LogP contribution >= 0.6 is 15.9 Å². The number of aromatic nitrogens is 1. The first-order valence-corrected chi connectivity index (χ1v) is 5.76. The summed E-state index contributed by atoms with van der Waals surface area (Å²) in [6.07, 6.45) is 2.36. The molecule has 6 heteroatoms. The van der Waals surface area contributed by atoms with Gasteiger partial charge in [-0.05, 0) is 27.8 Å². The van der Waals surface area contributed by atoms with Crippen molar-refractivity contribution in [1.82, 2.24) is 4.98 Å². The van der Waals surface area contributed by atoms with Crippen molar-refractivity contribution < 1.29 is 4.92 Å². The highest BCUT2D eigenvalue weighted by Gasteiger charge is 2.46. The van der Waals surface area contributed by atoms with Crippen molar-refractivity contribution in [2.45, 2.75) is 26.3 Å². The highest BCUT2D eigenvalue weighted by Crippen LogP contribution is 2.47. The van der Waals surface area contributed by atoms with Crippen molar-refractivity contribution in [3.63, 3.8) is 0 Å². The average Bonchev–Trinajstić information content (AvgIpc) is 2.77. The van der Waals surface area contributed by atoms with Crippen molar-refractivity contribution in [3.05, 3.63) is 26.9 Å². The molecule has 5 nitrogen and oxygen atoms in total.